The molecule has 130 valence electrons. The number of hydrogen-bond donors (Lipinski definition) is 0. The molecule has 27 heavy (non-hydrogen) atoms. The van der Waals surface area contributed by atoms with Gasteiger partial charge in [-0.3, -0.25) is 19.3 Å². The summed E-state index contributed by atoms with van der Waals surface area (Å²) < 4.78 is 1.12. The summed E-state index contributed by atoms with van der Waals surface area (Å²) in [7, 11) is 0. The topological polar surface area (TPSA) is 85.2 Å². The van der Waals surface area contributed by atoms with E-state index in [0.717, 1.165) is 15.0 Å². The van der Waals surface area contributed by atoms with Gasteiger partial charge in [0.15, 0.2) is 0 Å². The molecule has 0 aliphatic carbocycles. The lowest BCUT2D eigenvalue weighted by Crippen LogP contribution is -2.44. The van der Waals surface area contributed by atoms with Crippen molar-refractivity contribution in [2.45, 2.75) is 0 Å². The second-order valence-electron chi connectivity index (χ2n) is 6.29. The molecule has 0 N–H and O–H groups in total. The Bertz CT molecular complexity index is 1220. The van der Waals surface area contributed by atoms with Crippen molar-refractivity contribution < 1.29 is 14.4 Å². The van der Waals surface area contributed by atoms with Gasteiger partial charge >= 0.3 is 0 Å². The summed E-state index contributed by atoms with van der Waals surface area (Å²) in [5.41, 5.74) is 1.93. The molecule has 1 aliphatic rings. The number of benzene rings is 3. The molecule has 0 saturated carbocycles. The number of para-hydroxylation sites is 1. The summed E-state index contributed by atoms with van der Waals surface area (Å²) in [5, 5.41) is 9.25. The van der Waals surface area contributed by atoms with Gasteiger partial charge in [0.05, 0.1) is 5.52 Å². The molecule has 0 spiro atoms. The molecular formula is C20H12N4O3. The van der Waals surface area contributed by atoms with Gasteiger partial charge in [0, 0.05) is 16.5 Å². The first kappa shape index (κ1) is 15.4. The summed E-state index contributed by atoms with van der Waals surface area (Å²) in [5.74, 6) is -1.47. The molecule has 7 heteroatoms. The number of carbonyl (C=O) groups excluding carboxylic acids is 3. The molecule has 0 bridgehead atoms. The molecule has 0 saturated heterocycles. The Balaban J connectivity index is 1.56. The number of aromatic nitrogens is 3. The van der Waals surface area contributed by atoms with Crippen molar-refractivity contribution in [1.29, 1.82) is 0 Å². The third kappa shape index (κ3) is 2.18. The van der Waals surface area contributed by atoms with E-state index in [0.29, 0.717) is 27.5 Å². The van der Waals surface area contributed by atoms with E-state index < -0.39 is 24.3 Å². The van der Waals surface area contributed by atoms with E-state index in [1.165, 1.54) is 0 Å². The zero-order chi connectivity index (χ0) is 18.5. The fourth-order valence-corrected chi connectivity index (χ4v) is 3.48. The number of fused-ring (bicyclic) bond motifs is 1. The molecule has 4 aromatic rings. The molecule has 0 unspecified atom stereocenters. The van der Waals surface area contributed by atoms with Crippen LogP contribution in [-0.2, 0) is 0 Å². The van der Waals surface area contributed by atoms with E-state index in [1.54, 1.807) is 48.5 Å². The first-order valence-corrected chi connectivity index (χ1v) is 8.37. The van der Waals surface area contributed by atoms with Gasteiger partial charge in [0.2, 0.25) is 0 Å². The fourth-order valence-electron chi connectivity index (χ4n) is 3.48. The number of nitrogens with zero attached hydrogens (tertiary/aromatic N) is 4. The second kappa shape index (κ2) is 5.57. The van der Waals surface area contributed by atoms with Crippen LogP contribution in [0.3, 0.4) is 0 Å². The van der Waals surface area contributed by atoms with Crippen LogP contribution in [0.5, 0.6) is 0 Å². The third-order valence-corrected chi connectivity index (χ3v) is 4.74. The fraction of sp³-hybridized carbons (Fsp3) is 0.0500. The average molecular weight is 356 g/mol. The summed E-state index contributed by atoms with van der Waals surface area (Å²) in [6, 6.07) is 17.6. The molecule has 7 nitrogen and oxygen atoms in total. The Kier molecular flexibility index (Phi) is 3.17. The van der Waals surface area contributed by atoms with Crippen molar-refractivity contribution in [3.05, 3.63) is 71.8 Å². The van der Waals surface area contributed by atoms with Gasteiger partial charge in [-0.15, -0.1) is 5.10 Å². The molecule has 3 aromatic carbocycles. The zero-order valence-electron chi connectivity index (χ0n) is 14.0. The first-order chi connectivity index (χ1) is 13.1. The van der Waals surface area contributed by atoms with E-state index in [1.807, 2.05) is 12.1 Å². The van der Waals surface area contributed by atoms with Crippen LogP contribution < -0.4 is 0 Å². The molecular weight excluding hydrogens is 344 g/mol. The van der Waals surface area contributed by atoms with E-state index in [-0.39, 0.29) is 0 Å². The van der Waals surface area contributed by atoms with Crippen LogP contribution in [-0.4, -0.2) is 44.2 Å². The minimum atomic E-state index is -0.503. The number of amides is 2. The molecule has 1 aliphatic heterocycles. The lowest BCUT2D eigenvalue weighted by molar-refractivity contribution is 0.0565. The highest BCUT2D eigenvalue weighted by Crippen LogP contribution is 2.29. The van der Waals surface area contributed by atoms with Gasteiger partial charge in [0.1, 0.15) is 12.1 Å². The van der Waals surface area contributed by atoms with Gasteiger partial charge in [-0.25, -0.2) is 0 Å². The van der Waals surface area contributed by atoms with Crippen molar-refractivity contribution in [3.8, 4) is 0 Å². The minimum Gasteiger partial charge on any atom is -0.270 e. The Morgan fingerprint density at radius 2 is 1.52 bits per heavy atom. The maximum Gasteiger partial charge on any atom is 0.269 e. The Morgan fingerprint density at radius 3 is 2.22 bits per heavy atom. The Hall–Kier alpha value is -3.87. The third-order valence-electron chi connectivity index (χ3n) is 4.74. The van der Waals surface area contributed by atoms with E-state index in [4.69, 9.17) is 0 Å². The van der Waals surface area contributed by atoms with Gasteiger partial charge in [-0.05, 0) is 29.7 Å². The van der Waals surface area contributed by atoms with Crippen molar-refractivity contribution in [2.75, 3.05) is 6.54 Å². The zero-order valence-corrected chi connectivity index (χ0v) is 14.0. The van der Waals surface area contributed by atoms with Crippen LogP contribution in [0.25, 0.3) is 21.8 Å². The molecule has 0 fully saturated rings. The molecule has 2 heterocycles. The van der Waals surface area contributed by atoms with Crippen LogP contribution in [0, 0.1) is 0 Å². The average Bonchev–Trinajstić information content (AvgIpc) is 3.13. The molecule has 2 amide bonds. The summed E-state index contributed by atoms with van der Waals surface area (Å²) in [6.45, 7) is -0.407. The second-order valence-corrected chi connectivity index (χ2v) is 6.29. The maximum atomic E-state index is 12.9. The van der Waals surface area contributed by atoms with Crippen LogP contribution in [0.4, 0.5) is 0 Å². The van der Waals surface area contributed by atoms with Gasteiger partial charge < -0.3 is 0 Å². The predicted molar refractivity (Wildman–Crippen MR) is 97.5 cm³/mol. The number of imide groups is 1. The largest absolute Gasteiger partial charge is 0.270 e. The SMILES string of the molecule is O=C1c2cccc3cccc(c23)C(=O)N1CC(=O)n1nnc2ccccc21. The van der Waals surface area contributed by atoms with E-state index in [2.05, 4.69) is 10.3 Å². The lowest BCUT2D eigenvalue weighted by Gasteiger charge is -2.26. The molecule has 0 atom stereocenters. The van der Waals surface area contributed by atoms with Crippen molar-refractivity contribution >= 4 is 39.5 Å². The molecule has 5 rings (SSSR count). The Morgan fingerprint density at radius 1 is 0.852 bits per heavy atom. The normalized spacial score (nSPS) is 13.6. The van der Waals surface area contributed by atoms with Crippen LogP contribution in [0.15, 0.2) is 60.7 Å². The highest BCUT2D eigenvalue weighted by molar-refractivity contribution is 6.26. The van der Waals surface area contributed by atoms with Crippen molar-refractivity contribution in [2.24, 2.45) is 0 Å². The number of carbonyl (C=O) groups is 3. The summed E-state index contributed by atoms with van der Waals surface area (Å²) >= 11 is 0. The van der Waals surface area contributed by atoms with E-state index in [9.17, 15) is 14.4 Å². The van der Waals surface area contributed by atoms with Crippen LogP contribution in [0.2, 0.25) is 0 Å². The summed E-state index contributed by atoms with van der Waals surface area (Å²) in [6.07, 6.45) is 0. The van der Waals surface area contributed by atoms with Crippen molar-refractivity contribution in [1.82, 2.24) is 19.9 Å². The Labute approximate surface area is 152 Å². The van der Waals surface area contributed by atoms with Gasteiger partial charge in [-0.1, -0.05) is 41.6 Å². The minimum absolute atomic E-state index is 0.407. The lowest BCUT2D eigenvalue weighted by atomic mass is 9.94. The smallest absolute Gasteiger partial charge is 0.269 e. The maximum absolute atomic E-state index is 12.9. The first-order valence-electron chi connectivity index (χ1n) is 8.37. The highest BCUT2D eigenvalue weighted by Gasteiger charge is 2.34. The monoisotopic (exact) mass is 356 g/mol. The van der Waals surface area contributed by atoms with Crippen LogP contribution >= 0.6 is 0 Å². The molecule has 1 aromatic heterocycles. The highest BCUT2D eigenvalue weighted by atomic mass is 16.2. The van der Waals surface area contributed by atoms with Crippen LogP contribution in [0.1, 0.15) is 25.5 Å². The van der Waals surface area contributed by atoms with Crippen molar-refractivity contribution in [3.63, 3.8) is 0 Å². The number of rotatable bonds is 2. The number of hydrogen-bond acceptors (Lipinski definition) is 5. The van der Waals surface area contributed by atoms with E-state index >= 15 is 0 Å². The summed E-state index contributed by atoms with van der Waals surface area (Å²) in [4.78, 5) is 39.5. The van der Waals surface area contributed by atoms with Gasteiger partial charge in [-0.2, -0.15) is 4.68 Å². The standard InChI is InChI=1S/C20H12N4O3/c25-17(24-16-10-2-1-9-15(16)21-22-24)11-23-19(26)13-7-3-5-12-6-4-8-14(18(12)13)20(23)27/h1-10H,11H2. The predicted octanol–water partition coefficient (Wildman–Crippen LogP) is 2.52. The van der Waals surface area contributed by atoms with Gasteiger partial charge in [0.25, 0.3) is 17.7 Å². The quantitative estimate of drug-likeness (QED) is 0.515. The molecule has 0 radical (unpaired) electrons.